The maximum Gasteiger partial charge on any atom is -0.0313 e. The largest absolute Gasteiger partial charge is 0.0885 e. The standard InChI is InChI=1S/C13H18/c1-2-4-6-8-10-12-13-11-9-7-5-3-1/h1-6,11,13H,7-10,12H2/b2-1-,5-3?,6-4?,13-11?. The molecule has 0 amide bonds. The predicted molar refractivity (Wildman–Crippen MR) is 59.6 cm³/mol. The molecule has 1 aliphatic carbocycles. The van der Waals surface area contributed by atoms with Crippen molar-refractivity contribution in [2.24, 2.45) is 0 Å². The van der Waals surface area contributed by atoms with Crippen molar-refractivity contribution >= 4 is 0 Å². The number of hydrogen-bond donors (Lipinski definition) is 0. The Morgan fingerprint density at radius 3 is 1.85 bits per heavy atom. The van der Waals surface area contributed by atoms with Crippen LogP contribution in [0.25, 0.3) is 0 Å². The summed E-state index contributed by atoms with van der Waals surface area (Å²) in [5, 5.41) is 0. The molecule has 0 saturated heterocycles. The van der Waals surface area contributed by atoms with Gasteiger partial charge < -0.3 is 0 Å². The zero-order valence-electron chi connectivity index (χ0n) is 8.15. The van der Waals surface area contributed by atoms with Gasteiger partial charge in [-0.2, -0.15) is 0 Å². The van der Waals surface area contributed by atoms with Crippen molar-refractivity contribution in [3.63, 3.8) is 0 Å². The van der Waals surface area contributed by atoms with Gasteiger partial charge in [0.15, 0.2) is 0 Å². The van der Waals surface area contributed by atoms with Crippen LogP contribution in [-0.4, -0.2) is 0 Å². The first-order chi connectivity index (χ1) is 6.50. The van der Waals surface area contributed by atoms with Crippen LogP contribution in [0.1, 0.15) is 32.1 Å². The van der Waals surface area contributed by atoms with E-state index in [2.05, 4.69) is 48.6 Å². The number of allylic oxidation sites excluding steroid dienone is 8. The van der Waals surface area contributed by atoms with E-state index in [0.29, 0.717) is 0 Å². The average Bonchev–Trinajstić information content (AvgIpc) is 2.18. The van der Waals surface area contributed by atoms with Crippen LogP contribution in [0.2, 0.25) is 0 Å². The summed E-state index contributed by atoms with van der Waals surface area (Å²) in [6.45, 7) is 0. The molecule has 0 bridgehead atoms. The molecule has 0 heteroatoms. The smallest absolute Gasteiger partial charge is 0.0313 e. The van der Waals surface area contributed by atoms with Crippen LogP contribution in [-0.2, 0) is 0 Å². The van der Waals surface area contributed by atoms with Crippen molar-refractivity contribution < 1.29 is 0 Å². The van der Waals surface area contributed by atoms with Crippen LogP contribution in [0.3, 0.4) is 0 Å². The monoisotopic (exact) mass is 174 g/mol. The lowest BCUT2D eigenvalue weighted by atomic mass is 10.2. The Morgan fingerprint density at radius 1 is 0.462 bits per heavy atom. The summed E-state index contributed by atoms with van der Waals surface area (Å²) in [4.78, 5) is 0. The van der Waals surface area contributed by atoms with Gasteiger partial charge in [-0.1, -0.05) is 48.6 Å². The van der Waals surface area contributed by atoms with Crippen LogP contribution in [0, 0.1) is 0 Å². The molecule has 0 unspecified atom stereocenters. The highest BCUT2D eigenvalue weighted by Crippen LogP contribution is 2.01. The van der Waals surface area contributed by atoms with Crippen molar-refractivity contribution in [3.8, 4) is 0 Å². The molecule has 1 aliphatic rings. The van der Waals surface area contributed by atoms with E-state index in [4.69, 9.17) is 0 Å². The molecule has 1 rings (SSSR count). The van der Waals surface area contributed by atoms with Gasteiger partial charge in [0, 0.05) is 0 Å². The zero-order valence-corrected chi connectivity index (χ0v) is 8.15. The first kappa shape index (κ1) is 10.0. The Hall–Kier alpha value is -1.04. The SMILES string of the molecule is C1=CCCC=CCCCC=C/C=C\1. The van der Waals surface area contributed by atoms with E-state index in [1.54, 1.807) is 0 Å². The van der Waals surface area contributed by atoms with Crippen molar-refractivity contribution in [2.45, 2.75) is 32.1 Å². The van der Waals surface area contributed by atoms with Crippen molar-refractivity contribution in [1.29, 1.82) is 0 Å². The first-order valence-corrected chi connectivity index (χ1v) is 5.13. The minimum Gasteiger partial charge on any atom is -0.0885 e. The Bertz CT molecular complexity index is 216. The minimum absolute atomic E-state index is 1.16. The highest BCUT2D eigenvalue weighted by molar-refractivity contribution is 5.11. The molecule has 0 aromatic rings. The van der Waals surface area contributed by atoms with Crippen LogP contribution in [0.4, 0.5) is 0 Å². The second-order valence-corrected chi connectivity index (χ2v) is 3.22. The van der Waals surface area contributed by atoms with Crippen LogP contribution >= 0.6 is 0 Å². The predicted octanol–water partition coefficient (Wildman–Crippen LogP) is 4.18. The van der Waals surface area contributed by atoms with Crippen LogP contribution < -0.4 is 0 Å². The molecular weight excluding hydrogens is 156 g/mol. The summed E-state index contributed by atoms with van der Waals surface area (Å²) in [5.74, 6) is 0. The fourth-order valence-corrected chi connectivity index (χ4v) is 1.26. The molecule has 0 fully saturated rings. The van der Waals surface area contributed by atoms with Gasteiger partial charge in [0.2, 0.25) is 0 Å². The quantitative estimate of drug-likeness (QED) is 0.483. The molecule has 0 aliphatic heterocycles. The topological polar surface area (TPSA) is 0 Å². The highest BCUT2D eigenvalue weighted by atomic mass is 13.9. The van der Waals surface area contributed by atoms with Crippen molar-refractivity contribution in [3.05, 3.63) is 48.6 Å². The van der Waals surface area contributed by atoms with E-state index in [9.17, 15) is 0 Å². The number of rotatable bonds is 0. The van der Waals surface area contributed by atoms with Gasteiger partial charge in [-0.3, -0.25) is 0 Å². The third-order valence-electron chi connectivity index (χ3n) is 2.01. The molecule has 0 atom stereocenters. The summed E-state index contributed by atoms with van der Waals surface area (Å²) in [5.41, 5.74) is 0. The van der Waals surface area contributed by atoms with E-state index < -0.39 is 0 Å². The second-order valence-electron chi connectivity index (χ2n) is 3.22. The van der Waals surface area contributed by atoms with Gasteiger partial charge in [-0.15, -0.1) is 0 Å². The number of hydrogen-bond acceptors (Lipinski definition) is 0. The van der Waals surface area contributed by atoms with Crippen LogP contribution in [0.5, 0.6) is 0 Å². The van der Waals surface area contributed by atoms with Gasteiger partial charge in [0.25, 0.3) is 0 Å². The molecule has 0 radical (unpaired) electrons. The summed E-state index contributed by atoms with van der Waals surface area (Å²) >= 11 is 0. The lowest BCUT2D eigenvalue weighted by Gasteiger charge is -1.89. The fraction of sp³-hybridized carbons (Fsp3) is 0.385. The molecule has 70 valence electrons. The summed E-state index contributed by atoms with van der Waals surface area (Å²) in [6, 6.07) is 0. The van der Waals surface area contributed by atoms with Gasteiger partial charge in [0.05, 0.1) is 0 Å². The minimum atomic E-state index is 1.16. The molecule has 0 heterocycles. The maximum absolute atomic E-state index is 2.30. The van der Waals surface area contributed by atoms with Gasteiger partial charge in [0.1, 0.15) is 0 Å². The average molecular weight is 174 g/mol. The maximum atomic E-state index is 2.30. The summed E-state index contributed by atoms with van der Waals surface area (Å²) in [6.07, 6.45) is 23.5. The lowest BCUT2D eigenvalue weighted by Crippen LogP contribution is -1.69. The lowest BCUT2D eigenvalue weighted by molar-refractivity contribution is 0.863. The first-order valence-electron chi connectivity index (χ1n) is 5.13. The van der Waals surface area contributed by atoms with Gasteiger partial charge in [-0.25, -0.2) is 0 Å². The Labute approximate surface area is 81.4 Å². The molecule has 0 aromatic carbocycles. The summed E-state index contributed by atoms with van der Waals surface area (Å²) in [7, 11) is 0. The summed E-state index contributed by atoms with van der Waals surface area (Å²) < 4.78 is 0. The van der Waals surface area contributed by atoms with E-state index >= 15 is 0 Å². The third kappa shape index (κ3) is 6.15. The molecule has 0 spiro atoms. The van der Waals surface area contributed by atoms with E-state index in [-0.39, 0.29) is 0 Å². The van der Waals surface area contributed by atoms with Crippen molar-refractivity contribution in [1.82, 2.24) is 0 Å². The fourth-order valence-electron chi connectivity index (χ4n) is 1.26. The Kier molecular flexibility index (Phi) is 5.87. The van der Waals surface area contributed by atoms with Gasteiger partial charge in [-0.05, 0) is 32.1 Å². The van der Waals surface area contributed by atoms with Gasteiger partial charge >= 0.3 is 0 Å². The van der Waals surface area contributed by atoms with Crippen LogP contribution in [0.15, 0.2) is 48.6 Å². The molecule has 0 nitrogen and oxygen atoms in total. The Morgan fingerprint density at radius 2 is 1.00 bits per heavy atom. The second kappa shape index (κ2) is 7.60. The molecular formula is C13H18. The highest BCUT2D eigenvalue weighted by Gasteiger charge is 1.81. The van der Waals surface area contributed by atoms with Crippen molar-refractivity contribution in [2.75, 3.05) is 0 Å². The third-order valence-corrected chi connectivity index (χ3v) is 2.01. The molecule has 13 heavy (non-hydrogen) atoms. The molecule has 0 N–H and O–H groups in total. The van der Waals surface area contributed by atoms with E-state index in [1.165, 1.54) is 25.7 Å². The molecule has 0 saturated carbocycles. The zero-order chi connectivity index (χ0) is 9.19. The normalized spacial score (nSPS) is 21.5. The van der Waals surface area contributed by atoms with E-state index in [1.807, 2.05) is 0 Å². The van der Waals surface area contributed by atoms with E-state index in [0.717, 1.165) is 6.42 Å². The molecule has 0 aromatic heterocycles. The Balaban J connectivity index is 2.38.